The molecule has 0 atom stereocenters. The molecule has 0 aliphatic carbocycles. The van der Waals surface area contributed by atoms with Crippen LogP contribution in [0.3, 0.4) is 0 Å². The molecule has 0 radical (unpaired) electrons. The van der Waals surface area contributed by atoms with Crippen LogP contribution in [-0.2, 0) is 4.74 Å². The summed E-state index contributed by atoms with van der Waals surface area (Å²) >= 11 is 13.4. The monoisotopic (exact) mass is 657 g/mol. The minimum absolute atomic E-state index is 0.154. The van der Waals surface area contributed by atoms with E-state index in [-0.39, 0.29) is 28.3 Å². The molecule has 11 heteroatoms. The van der Waals surface area contributed by atoms with E-state index in [0.29, 0.717) is 35.7 Å². The normalized spacial score (nSPS) is 20.6. The molecule has 3 rings (SSSR count). The third kappa shape index (κ3) is 4.44. The van der Waals surface area contributed by atoms with Crippen molar-refractivity contribution in [3.05, 3.63) is 29.0 Å². The maximum Gasteiger partial charge on any atom is 0.426 e. The lowest BCUT2D eigenvalue weighted by molar-refractivity contribution is 0.00934. The molecule has 158 valence electrons. The number of carbonyl (C=O) groups excluding carboxylic acids is 3. The molecular weight excluding hydrogens is 642 g/mol. The Hall–Kier alpha value is -0.490. The number of carbonyl (C=O) groups is 3. The molecule has 1 aromatic carbocycles. The fourth-order valence-corrected chi connectivity index (χ4v) is 6.49. The lowest BCUT2D eigenvalue weighted by Gasteiger charge is -2.45. The van der Waals surface area contributed by atoms with Crippen molar-refractivity contribution in [1.82, 2.24) is 15.8 Å². The molecule has 0 aromatic heterocycles. The Morgan fingerprint density at radius 3 is 1.76 bits per heavy atom. The molecule has 1 aromatic rings. The fraction of sp³-hybridized carbons (Fsp3) is 0.500. The van der Waals surface area contributed by atoms with Gasteiger partial charge < -0.3 is 10.1 Å². The molecule has 1 fully saturated rings. The Labute approximate surface area is 202 Å². The van der Waals surface area contributed by atoms with E-state index in [2.05, 4.69) is 74.5 Å². The summed E-state index contributed by atoms with van der Waals surface area (Å²) in [6.07, 6.45) is 0.0351. The Bertz CT molecular complexity index is 869. The van der Waals surface area contributed by atoms with Crippen molar-refractivity contribution in [3.8, 4) is 0 Å². The highest BCUT2D eigenvalue weighted by Gasteiger charge is 2.43. The van der Waals surface area contributed by atoms with E-state index in [0.717, 1.165) is 0 Å². The summed E-state index contributed by atoms with van der Waals surface area (Å²) in [6.45, 7) is 8.16. The van der Waals surface area contributed by atoms with Crippen LogP contribution in [0.1, 0.15) is 61.3 Å². The number of fused-ring (bicyclic) bond motifs is 1. The van der Waals surface area contributed by atoms with Gasteiger partial charge in [-0.3, -0.25) is 9.59 Å². The second kappa shape index (κ2) is 7.89. The van der Waals surface area contributed by atoms with E-state index >= 15 is 0 Å². The smallest absolute Gasteiger partial charge is 0.426 e. The van der Waals surface area contributed by atoms with Gasteiger partial charge in [-0.2, -0.15) is 5.01 Å². The topological polar surface area (TPSA) is 87.7 Å². The summed E-state index contributed by atoms with van der Waals surface area (Å²) in [5, 5.41) is 4.19. The average molecular weight is 661 g/mol. The standard InChI is InChI=1S/C18H19Br4N3O4/c1-17(2)5-7(6-18(3,4)24-17)29-16(28)23-25-14(26)8-9(15(25)27)11(20)13(22)12(21)10(8)19/h7,24H,5-6H2,1-4H3,(H,23,28). The van der Waals surface area contributed by atoms with Gasteiger partial charge in [0.05, 0.1) is 11.1 Å². The number of rotatable bonds is 2. The molecule has 3 amide bonds. The van der Waals surface area contributed by atoms with Crippen LogP contribution in [-0.4, -0.2) is 40.1 Å². The lowest BCUT2D eigenvalue weighted by Crippen LogP contribution is -2.60. The van der Waals surface area contributed by atoms with Crippen LogP contribution >= 0.6 is 63.7 Å². The molecule has 7 nitrogen and oxygen atoms in total. The zero-order valence-electron chi connectivity index (χ0n) is 16.1. The summed E-state index contributed by atoms with van der Waals surface area (Å²) in [6, 6.07) is 0. The Morgan fingerprint density at radius 2 is 1.34 bits per heavy atom. The van der Waals surface area contributed by atoms with Crippen LogP contribution in [0.4, 0.5) is 4.79 Å². The van der Waals surface area contributed by atoms with Crippen LogP contribution in [0.5, 0.6) is 0 Å². The number of hydrazine groups is 1. The Morgan fingerprint density at radius 1 is 0.931 bits per heavy atom. The second-order valence-corrected chi connectivity index (χ2v) is 11.6. The molecule has 2 aliphatic rings. The minimum Gasteiger partial charge on any atom is -0.445 e. The van der Waals surface area contributed by atoms with Gasteiger partial charge in [-0.15, -0.1) is 0 Å². The van der Waals surface area contributed by atoms with E-state index < -0.39 is 17.9 Å². The molecule has 0 bridgehead atoms. The van der Waals surface area contributed by atoms with Crippen molar-refractivity contribution in [3.63, 3.8) is 0 Å². The molecule has 0 spiro atoms. The van der Waals surface area contributed by atoms with Gasteiger partial charge in [-0.1, -0.05) is 0 Å². The SMILES string of the molecule is CC1(C)CC(OC(=O)NN2C(=O)c3c(Br)c(Br)c(Br)c(Br)c3C2=O)CC(C)(C)N1. The number of hydrogen-bond acceptors (Lipinski definition) is 5. The molecule has 2 aliphatic heterocycles. The maximum absolute atomic E-state index is 12.8. The number of imide groups is 1. The highest BCUT2D eigenvalue weighted by Crippen LogP contribution is 2.45. The van der Waals surface area contributed by atoms with Gasteiger partial charge in [-0.05, 0) is 91.4 Å². The van der Waals surface area contributed by atoms with E-state index in [1.165, 1.54) is 0 Å². The fourth-order valence-electron chi connectivity index (χ4n) is 4.03. The van der Waals surface area contributed by atoms with Gasteiger partial charge in [-0.25, -0.2) is 10.2 Å². The van der Waals surface area contributed by atoms with Crippen molar-refractivity contribution < 1.29 is 19.1 Å². The van der Waals surface area contributed by atoms with E-state index in [1.807, 2.05) is 27.7 Å². The van der Waals surface area contributed by atoms with Crippen molar-refractivity contribution >= 4 is 81.6 Å². The number of hydrogen-bond donors (Lipinski definition) is 2. The largest absolute Gasteiger partial charge is 0.445 e. The zero-order valence-corrected chi connectivity index (χ0v) is 22.4. The molecule has 29 heavy (non-hydrogen) atoms. The van der Waals surface area contributed by atoms with Gasteiger partial charge in [0.15, 0.2) is 0 Å². The van der Waals surface area contributed by atoms with Crippen LogP contribution in [0.2, 0.25) is 0 Å². The first-order valence-electron chi connectivity index (χ1n) is 8.75. The highest BCUT2D eigenvalue weighted by atomic mass is 79.9. The Kier molecular flexibility index (Phi) is 6.30. The molecular formula is C18H19Br4N3O4. The number of ether oxygens (including phenoxy) is 1. The van der Waals surface area contributed by atoms with Crippen LogP contribution in [0.15, 0.2) is 17.9 Å². The zero-order chi connectivity index (χ0) is 21.9. The summed E-state index contributed by atoms with van der Waals surface area (Å²) < 4.78 is 7.54. The van der Waals surface area contributed by atoms with Gasteiger partial charge in [0, 0.05) is 41.8 Å². The van der Waals surface area contributed by atoms with E-state index in [9.17, 15) is 14.4 Å². The predicted octanol–water partition coefficient (Wildman–Crippen LogP) is 5.28. The van der Waals surface area contributed by atoms with Gasteiger partial charge in [0.25, 0.3) is 11.8 Å². The van der Waals surface area contributed by atoms with Crippen molar-refractivity contribution in [2.24, 2.45) is 0 Å². The summed E-state index contributed by atoms with van der Waals surface area (Å²) in [7, 11) is 0. The van der Waals surface area contributed by atoms with Gasteiger partial charge in [0.2, 0.25) is 0 Å². The first kappa shape index (κ1) is 23.2. The van der Waals surface area contributed by atoms with Crippen LogP contribution in [0.25, 0.3) is 0 Å². The van der Waals surface area contributed by atoms with Gasteiger partial charge >= 0.3 is 6.09 Å². The van der Waals surface area contributed by atoms with Gasteiger partial charge in [0.1, 0.15) is 6.10 Å². The number of halogens is 4. The van der Waals surface area contributed by atoms with Crippen molar-refractivity contribution in [1.29, 1.82) is 0 Å². The van der Waals surface area contributed by atoms with E-state index in [1.54, 1.807) is 0 Å². The summed E-state index contributed by atoms with van der Waals surface area (Å²) in [4.78, 5) is 38.1. The molecule has 1 saturated heterocycles. The third-order valence-electron chi connectivity index (χ3n) is 4.73. The summed E-state index contributed by atoms with van der Waals surface area (Å²) in [5.74, 6) is -1.29. The number of nitrogens with one attached hydrogen (secondary N) is 2. The predicted molar refractivity (Wildman–Crippen MR) is 122 cm³/mol. The first-order chi connectivity index (χ1) is 13.2. The number of piperidine rings is 1. The number of nitrogens with zero attached hydrogens (tertiary/aromatic N) is 1. The minimum atomic E-state index is -0.844. The lowest BCUT2D eigenvalue weighted by atomic mass is 9.81. The third-order valence-corrected chi connectivity index (χ3v) is 9.50. The molecule has 2 N–H and O–H groups in total. The second-order valence-electron chi connectivity index (χ2n) is 8.39. The maximum atomic E-state index is 12.8. The summed E-state index contributed by atoms with van der Waals surface area (Å²) in [5.41, 5.74) is 2.19. The Balaban J connectivity index is 1.78. The molecule has 2 heterocycles. The molecule has 0 saturated carbocycles. The first-order valence-corrected chi connectivity index (χ1v) is 11.9. The van der Waals surface area contributed by atoms with Crippen LogP contribution < -0.4 is 10.7 Å². The van der Waals surface area contributed by atoms with Crippen LogP contribution in [0, 0.1) is 0 Å². The number of amides is 3. The molecule has 0 unspecified atom stereocenters. The van der Waals surface area contributed by atoms with Crippen molar-refractivity contribution in [2.45, 2.75) is 57.7 Å². The van der Waals surface area contributed by atoms with Crippen molar-refractivity contribution in [2.75, 3.05) is 0 Å². The highest BCUT2D eigenvalue weighted by molar-refractivity contribution is 9.15. The average Bonchev–Trinajstić information content (AvgIpc) is 2.80. The van der Waals surface area contributed by atoms with E-state index in [4.69, 9.17) is 4.74 Å². The number of benzene rings is 1. The quantitative estimate of drug-likeness (QED) is 0.256.